The molecule has 0 atom stereocenters. The van der Waals surface area contributed by atoms with E-state index in [2.05, 4.69) is 27.7 Å². The Balaban J connectivity index is 0. The van der Waals surface area contributed by atoms with Crippen molar-refractivity contribution in [2.45, 2.75) is 130 Å². The molecule has 168 valence electrons. The molecule has 0 aliphatic rings. The van der Waals surface area contributed by atoms with Gasteiger partial charge in [0.05, 0.1) is 13.2 Å². The minimum Gasteiger partial charge on any atom is -0.466 e. The molecule has 0 aromatic rings. The molecule has 0 heterocycles. The first-order valence-electron chi connectivity index (χ1n) is 11.9. The van der Waals surface area contributed by atoms with E-state index in [9.17, 15) is 9.59 Å². The summed E-state index contributed by atoms with van der Waals surface area (Å²) in [6, 6.07) is 0. The van der Waals surface area contributed by atoms with Crippen LogP contribution < -0.4 is 0 Å². The highest BCUT2D eigenvalue weighted by atomic mass is 16.5. The summed E-state index contributed by atoms with van der Waals surface area (Å²) < 4.78 is 10.2. The first kappa shape index (κ1) is 29.1. The lowest BCUT2D eigenvalue weighted by molar-refractivity contribution is -0.144. The van der Waals surface area contributed by atoms with Crippen LogP contribution >= 0.6 is 0 Å². The summed E-state index contributed by atoms with van der Waals surface area (Å²) in [6.07, 6.45) is 17.0. The van der Waals surface area contributed by atoms with E-state index in [1.54, 1.807) is 0 Å². The molecule has 0 aromatic heterocycles. The van der Waals surface area contributed by atoms with Gasteiger partial charge >= 0.3 is 11.9 Å². The number of unbranched alkanes of at least 4 members (excludes halogenated alkanes) is 10. The second-order valence-electron chi connectivity index (χ2n) is 7.48. The van der Waals surface area contributed by atoms with Crippen LogP contribution in [0.1, 0.15) is 130 Å². The van der Waals surface area contributed by atoms with Gasteiger partial charge in [-0.05, 0) is 25.7 Å². The highest BCUT2D eigenvalue weighted by Crippen LogP contribution is 2.05. The molecular formula is C24H48O4. The molecule has 0 aliphatic carbocycles. The van der Waals surface area contributed by atoms with E-state index in [1.165, 1.54) is 38.5 Å². The van der Waals surface area contributed by atoms with Crippen molar-refractivity contribution in [1.29, 1.82) is 0 Å². The summed E-state index contributed by atoms with van der Waals surface area (Å²) in [4.78, 5) is 22.3. The van der Waals surface area contributed by atoms with E-state index in [-0.39, 0.29) is 11.9 Å². The van der Waals surface area contributed by atoms with Crippen LogP contribution in [0.5, 0.6) is 0 Å². The van der Waals surface area contributed by atoms with Crippen LogP contribution in [-0.2, 0) is 19.1 Å². The Labute approximate surface area is 175 Å². The maximum Gasteiger partial charge on any atom is 0.305 e. The van der Waals surface area contributed by atoms with Gasteiger partial charge in [-0.1, -0.05) is 91.9 Å². The van der Waals surface area contributed by atoms with Crippen LogP contribution in [0.2, 0.25) is 0 Å². The molecule has 0 unspecified atom stereocenters. The molecule has 0 saturated carbocycles. The summed E-state index contributed by atoms with van der Waals surface area (Å²) >= 11 is 0. The molecule has 0 aromatic carbocycles. The maximum absolute atomic E-state index is 11.1. The largest absolute Gasteiger partial charge is 0.466 e. The van der Waals surface area contributed by atoms with Crippen molar-refractivity contribution >= 4 is 11.9 Å². The number of hydrogen-bond donors (Lipinski definition) is 0. The van der Waals surface area contributed by atoms with Gasteiger partial charge in [0.25, 0.3) is 0 Å². The van der Waals surface area contributed by atoms with Gasteiger partial charge in [-0.25, -0.2) is 0 Å². The number of carbonyl (C=O) groups excluding carboxylic acids is 2. The smallest absolute Gasteiger partial charge is 0.305 e. The average Bonchev–Trinajstić information content (AvgIpc) is 2.70. The van der Waals surface area contributed by atoms with Gasteiger partial charge in [-0.3, -0.25) is 9.59 Å². The lowest BCUT2D eigenvalue weighted by atomic mass is 10.1. The standard InChI is InChI=1S/2C12H24O2/c2*1-3-5-7-8-10-12(13)14-11-9-6-4-2/h2*3-11H2,1-2H3. The van der Waals surface area contributed by atoms with Gasteiger partial charge in [0, 0.05) is 12.8 Å². The predicted molar refractivity (Wildman–Crippen MR) is 118 cm³/mol. The lowest BCUT2D eigenvalue weighted by Gasteiger charge is -2.03. The van der Waals surface area contributed by atoms with E-state index >= 15 is 0 Å². The molecule has 4 heteroatoms. The highest BCUT2D eigenvalue weighted by molar-refractivity contribution is 5.69. The van der Waals surface area contributed by atoms with E-state index < -0.39 is 0 Å². The number of esters is 2. The number of carbonyl (C=O) groups is 2. The zero-order valence-electron chi connectivity index (χ0n) is 19.4. The minimum absolute atomic E-state index is 0.0165. The predicted octanol–water partition coefficient (Wildman–Crippen LogP) is 7.38. The molecule has 0 radical (unpaired) electrons. The quantitative estimate of drug-likeness (QED) is 0.178. The summed E-state index contributed by atoms with van der Waals surface area (Å²) in [6.45, 7) is 9.85. The third kappa shape index (κ3) is 27.2. The fraction of sp³-hybridized carbons (Fsp3) is 0.917. The Hall–Kier alpha value is -1.06. The summed E-state index contributed by atoms with van der Waals surface area (Å²) in [7, 11) is 0. The topological polar surface area (TPSA) is 52.6 Å². The minimum atomic E-state index is -0.0165. The number of ether oxygens (including phenoxy) is 2. The molecule has 0 spiro atoms. The van der Waals surface area contributed by atoms with Gasteiger partial charge in [0.1, 0.15) is 0 Å². The zero-order valence-corrected chi connectivity index (χ0v) is 19.4. The van der Waals surface area contributed by atoms with Gasteiger partial charge in [0.15, 0.2) is 0 Å². The Morgan fingerprint density at radius 2 is 0.786 bits per heavy atom. The first-order valence-corrected chi connectivity index (χ1v) is 11.9. The van der Waals surface area contributed by atoms with Gasteiger partial charge in [0.2, 0.25) is 0 Å². The molecule has 0 rings (SSSR count). The monoisotopic (exact) mass is 400 g/mol. The van der Waals surface area contributed by atoms with Crippen molar-refractivity contribution < 1.29 is 19.1 Å². The van der Waals surface area contributed by atoms with Crippen LogP contribution in [-0.4, -0.2) is 25.2 Å². The Bertz CT molecular complexity index is 269. The van der Waals surface area contributed by atoms with E-state index in [0.29, 0.717) is 26.1 Å². The SMILES string of the molecule is CCCCCCC(=O)OCCCCC.CCCCCCC(=O)OCCCCC. The zero-order chi connectivity index (χ0) is 21.3. The Kier molecular flexibility index (Phi) is 27.0. The van der Waals surface area contributed by atoms with Gasteiger partial charge in [-0.15, -0.1) is 0 Å². The van der Waals surface area contributed by atoms with Crippen LogP contribution in [0, 0.1) is 0 Å². The Morgan fingerprint density at radius 1 is 0.464 bits per heavy atom. The van der Waals surface area contributed by atoms with E-state index in [0.717, 1.165) is 51.4 Å². The Morgan fingerprint density at radius 3 is 1.11 bits per heavy atom. The molecule has 0 N–H and O–H groups in total. The lowest BCUT2D eigenvalue weighted by Crippen LogP contribution is -2.05. The summed E-state index contributed by atoms with van der Waals surface area (Å²) in [5.41, 5.74) is 0. The summed E-state index contributed by atoms with van der Waals surface area (Å²) in [5, 5.41) is 0. The third-order valence-corrected chi connectivity index (χ3v) is 4.49. The fourth-order valence-corrected chi connectivity index (χ4v) is 2.61. The van der Waals surface area contributed by atoms with Crippen LogP contribution in [0.15, 0.2) is 0 Å². The molecule has 28 heavy (non-hydrogen) atoms. The molecule has 0 aliphatic heterocycles. The molecule has 0 fully saturated rings. The third-order valence-electron chi connectivity index (χ3n) is 4.49. The van der Waals surface area contributed by atoms with Crippen LogP contribution in [0.25, 0.3) is 0 Å². The molecular weight excluding hydrogens is 352 g/mol. The highest BCUT2D eigenvalue weighted by Gasteiger charge is 2.02. The second kappa shape index (κ2) is 25.9. The van der Waals surface area contributed by atoms with Crippen molar-refractivity contribution in [3.05, 3.63) is 0 Å². The van der Waals surface area contributed by atoms with Crippen LogP contribution in [0.3, 0.4) is 0 Å². The maximum atomic E-state index is 11.1. The van der Waals surface area contributed by atoms with Gasteiger partial charge < -0.3 is 9.47 Å². The van der Waals surface area contributed by atoms with Crippen molar-refractivity contribution in [2.24, 2.45) is 0 Å². The van der Waals surface area contributed by atoms with Gasteiger partial charge in [-0.2, -0.15) is 0 Å². The van der Waals surface area contributed by atoms with Crippen LogP contribution in [0.4, 0.5) is 0 Å². The molecule has 0 saturated heterocycles. The van der Waals surface area contributed by atoms with E-state index in [1.807, 2.05) is 0 Å². The molecule has 4 nitrogen and oxygen atoms in total. The van der Waals surface area contributed by atoms with Crippen molar-refractivity contribution in [1.82, 2.24) is 0 Å². The van der Waals surface area contributed by atoms with Crippen molar-refractivity contribution in [2.75, 3.05) is 13.2 Å². The average molecular weight is 401 g/mol. The van der Waals surface area contributed by atoms with Crippen molar-refractivity contribution in [3.63, 3.8) is 0 Å². The van der Waals surface area contributed by atoms with Crippen molar-refractivity contribution in [3.8, 4) is 0 Å². The second-order valence-corrected chi connectivity index (χ2v) is 7.48. The molecule has 0 bridgehead atoms. The molecule has 0 amide bonds. The summed E-state index contributed by atoms with van der Waals surface area (Å²) in [5.74, 6) is -0.0330. The van der Waals surface area contributed by atoms with E-state index in [4.69, 9.17) is 9.47 Å². The fourth-order valence-electron chi connectivity index (χ4n) is 2.61. The normalized spacial score (nSPS) is 10.1. The first-order chi connectivity index (χ1) is 13.6. The number of rotatable bonds is 18. The number of hydrogen-bond acceptors (Lipinski definition) is 4.